The highest BCUT2D eigenvalue weighted by Crippen LogP contribution is 2.27. The molecule has 0 N–H and O–H groups in total. The van der Waals surface area contributed by atoms with Gasteiger partial charge in [-0.15, -0.1) is 0 Å². The van der Waals surface area contributed by atoms with Gasteiger partial charge in [-0.05, 0) is 45.1 Å². The largest absolute Gasteiger partial charge is 0.469 e. The van der Waals surface area contributed by atoms with Crippen molar-refractivity contribution in [3.05, 3.63) is 22.5 Å². The summed E-state index contributed by atoms with van der Waals surface area (Å²) < 4.78 is 7.09. The number of esters is 1. The Bertz CT molecular complexity index is 850. The van der Waals surface area contributed by atoms with Crippen LogP contribution in [-0.4, -0.2) is 23.4 Å². The second kappa shape index (κ2) is 22.7. The lowest BCUT2D eigenvalue weighted by Gasteiger charge is -2.12. The quantitative estimate of drug-likeness (QED) is 0.0700. The lowest BCUT2D eigenvalue weighted by Crippen LogP contribution is -2.09. The molecule has 0 aromatic carbocycles. The monoisotopic (exact) mass is 542 g/mol. The number of carbonyl (C=O) groups is 2. The molecule has 0 radical (unpaired) electrons. The van der Waals surface area contributed by atoms with Crippen LogP contribution in [0.25, 0.3) is 0 Å². The van der Waals surface area contributed by atoms with Crippen LogP contribution in [0.2, 0.25) is 0 Å². The van der Waals surface area contributed by atoms with Gasteiger partial charge in [0.25, 0.3) is 0 Å². The summed E-state index contributed by atoms with van der Waals surface area (Å²) >= 11 is 0. The SMILES string of the molecule is CCCCCCCCCCCCCCCCCC(=O)c1c(C)c(CCC(=O)OC)n(CCCCCC#N)c1C. The molecule has 0 unspecified atom stereocenters. The van der Waals surface area contributed by atoms with Gasteiger partial charge in [-0.1, -0.05) is 103 Å². The van der Waals surface area contributed by atoms with Crippen LogP contribution in [0.3, 0.4) is 0 Å². The van der Waals surface area contributed by atoms with Crippen LogP contribution in [0.5, 0.6) is 0 Å². The number of ketones is 1. The van der Waals surface area contributed by atoms with E-state index >= 15 is 0 Å². The topological polar surface area (TPSA) is 72.1 Å². The number of carbonyl (C=O) groups excluding carboxylic acids is 2. The molecular formula is C34H58N2O3. The van der Waals surface area contributed by atoms with Crippen molar-refractivity contribution in [2.45, 2.75) is 169 Å². The van der Waals surface area contributed by atoms with Gasteiger partial charge in [-0.25, -0.2) is 0 Å². The smallest absolute Gasteiger partial charge is 0.305 e. The number of Topliss-reactive ketones (excluding diaryl/α,β-unsaturated/α-hetero) is 1. The second-order valence-electron chi connectivity index (χ2n) is 11.4. The average Bonchev–Trinajstić information content (AvgIpc) is 3.17. The van der Waals surface area contributed by atoms with E-state index in [4.69, 9.17) is 10.00 Å². The lowest BCUT2D eigenvalue weighted by molar-refractivity contribution is -0.140. The van der Waals surface area contributed by atoms with E-state index in [0.29, 0.717) is 25.7 Å². The molecule has 0 saturated carbocycles. The number of ether oxygens (including phenoxy) is 1. The number of hydrogen-bond donors (Lipinski definition) is 0. The Morgan fingerprint density at radius 3 is 1.77 bits per heavy atom. The van der Waals surface area contributed by atoms with E-state index in [2.05, 4.69) is 17.6 Å². The van der Waals surface area contributed by atoms with Crippen molar-refractivity contribution in [1.29, 1.82) is 5.26 Å². The Hall–Kier alpha value is -2.09. The summed E-state index contributed by atoms with van der Waals surface area (Å²) in [5, 5.41) is 8.79. The van der Waals surface area contributed by atoms with E-state index in [1.165, 1.54) is 90.6 Å². The molecule has 1 aromatic heterocycles. The Balaban J connectivity index is 2.40. The Labute approximate surface area is 240 Å². The van der Waals surface area contributed by atoms with Crippen LogP contribution >= 0.6 is 0 Å². The van der Waals surface area contributed by atoms with Crippen LogP contribution in [0.4, 0.5) is 0 Å². The van der Waals surface area contributed by atoms with Gasteiger partial charge in [0.1, 0.15) is 0 Å². The molecule has 0 aliphatic carbocycles. The summed E-state index contributed by atoms with van der Waals surface area (Å²) in [6, 6.07) is 2.21. The first-order chi connectivity index (χ1) is 19.0. The van der Waals surface area contributed by atoms with E-state index in [0.717, 1.165) is 61.2 Å². The number of hydrogen-bond acceptors (Lipinski definition) is 4. The maximum atomic E-state index is 13.3. The molecule has 0 atom stereocenters. The van der Waals surface area contributed by atoms with Crippen LogP contribution in [-0.2, 0) is 22.5 Å². The zero-order valence-electron chi connectivity index (χ0n) is 25.9. The summed E-state index contributed by atoms with van der Waals surface area (Å²) in [6.45, 7) is 7.17. The first kappa shape index (κ1) is 34.9. The molecule has 1 heterocycles. The maximum absolute atomic E-state index is 13.3. The zero-order chi connectivity index (χ0) is 28.7. The van der Waals surface area contributed by atoms with Crippen LogP contribution in [0, 0.1) is 25.2 Å². The predicted molar refractivity (Wildman–Crippen MR) is 162 cm³/mol. The molecule has 0 aliphatic heterocycles. The summed E-state index contributed by atoms with van der Waals surface area (Å²) in [5.41, 5.74) is 3.99. The Morgan fingerprint density at radius 1 is 0.744 bits per heavy atom. The molecule has 222 valence electrons. The molecule has 5 nitrogen and oxygen atoms in total. The highest BCUT2D eigenvalue weighted by molar-refractivity contribution is 5.99. The van der Waals surface area contributed by atoms with E-state index in [9.17, 15) is 9.59 Å². The van der Waals surface area contributed by atoms with Crippen molar-refractivity contribution in [3.8, 4) is 6.07 Å². The minimum Gasteiger partial charge on any atom is -0.469 e. The number of rotatable bonds is 25. The molecule has 0 amide bonds. The fraction of sp³-hybridized carbons (Fsp3) is 0.794. The van der Waals surface area contributed by atoms with Crippen molar-refractivity contribution in [2.75, 3.05) is 7.11 Å². The second-order valence-corrected chi connectivity index (χ2v) is 11.4. The first-order valence-electron chi connectivity index (χ1n) is 16.1. The highest BCUT2D eigenvalue weighted by Gasteiger charge is 2.22. The molecular weight excluding hydrogens is 484 g/mol. The van der Waals surface area contributed by atoms with Crippen molar-refractivity contribution < 1.29 is 14.3 Å². The van der Waals surface area contributed by atoms with Crippen LogP contribution in [0.15, 0.2) is 0 Å². The summed E-state index contributed by atoms with van der Waals surface area (Å²) in [7, 11) is 1.42. The molecule has 1 aromatic rings. The van der Waals surface area contributed by atoms with Crippen molar-refractivity contribution in [2.24, 2.45) is 0 Å². The third-order valence-electron chi connectivity index (χ3n) is 8.15. The summed E-state index contributed by atoms with van der Waals surface area (Å²) in [4.78, 5) is 25.1. The minimum atomic E-state index is -0.223. The molecule has 0 fully saturated rings. The van der Waals surface area contributed by atoms with Crippen LogP contribution < -0.4 is 0 Å². The van der Waals surface area contributed by atoms with Crippen molar-refractivity contribution in [1.82, 2.24) is 4.57 Å². The molecule has 0 aliphatic rings. The summed E-state index contributed by atoms with van der Waals surface area (Å²) in [6.07, 6.45) is 24.8. The lowest BCUT2D eigenvalue weighted by atomic mass is 9.99. The molecule has 0 spiro atoms. The fourth-order valence-electron chi connectivity index (χ4n) is 5.75. The number of unbranched alkanes of at least 4 members (excludes halogenated alkanes) is 17. The van der Waals surface area contributed by atoms with E-state index in [-0.39, 0.29) is 11.8 Å². The van der Waals surface area contributed by atoms with Gasteiger partial charge in [0, 0.05) is 36.3 Å². The normalized spacial score (nSPS) is 11.1. The van der Waals surface area contributed by atoms with Gasteiger partial charge in [0.2, 0.25) is 0 Å². The molecule has 0 saturated heterocycles. The Morgan fingerprint density at radius 2 is 1.26 bits per heavy atom. The number of methoxy groups -OCH3 is 1. The van der Waals surface area contributed by atoms with Crippen molar-refractivity contribution >= 4 is 11.8 Å². The number of nitriles is 1. The molecule has 5 heteroatoms. The maximum Gasteiger partial charge on any atom is 0.305 e. The van der Waals surface area contributed by atoms with Crippen LogP contribution in [0.1, 0.15) is 169 Å². The average molecular weight is 543 g/mol. The summed E-state index contributed by atoms with van der Waals surface area (Å²) in [5.74, 6) is 0.0155. The van der Waals surface area contributed by atoms with E-state index in [1.54, 1.807) is 0 Å². The molecule has 0 bridgehead atoms. The van der Waals surface area contributed by atoms with Gasteiger partial charge in [0.15, 0.2) is 5.78 Å². The first-order valence-corrected chi connectivity index (χ1v) is 16.1. The third kappa shape index (κ3) is 14.8. The third-order valence-corrected chi connectivity index (χ3v) is 8.15. The van der Waals surface area contributed by atoms with Gasteiger partial charge in [-0.3, -0.25) is 9.59 Å². The Kier molecular flexibility index (Phi) is 20.3. The number of nitrogens with zero attached hydrogens (tertiary/aromatic N) is 2. The standard InChI is InChI=1S/C34H58N2O3/c1-5-6-7-8-9-10-11-12-13-14-15-16-17-18-21-24-32(37)34-29(2)31(25-26-33(38)39-4)36(30(34)3)28-23-20-19-22-27-35/h5-26,28H2,1-4H3. The van der Waals surface area contributed by atoms with Gasteiger partial charge in [-0.2, -0.15) is 5.26 Å². The molecule has 39 heavy (non-hydrogen) atoms. The minimum absolute atomic E-state index is 0.223. The molecule has 1 rings (SSSR count). The van der Waals surface area contributed by atoms with Gasteiger partial charge >= 0.3 is 5.97 Å². The van der Waals surface area contributed by atoms with E-state index in [1.807, 2.05) is 13.8 Å². The van der Waals surface area contributed by atoms with Gasteiger partial charge in [0.05, 0.1) is 19.6 Å². The van der Waals surface area contributed by atoms with E-state index < -0.39 is 0 Å². The van der Waals surface area contributed by atoms with Gasteiger partial charge < -0.3 is 9.30 Å². The number of aromatic nitrogens is 1. The fourth-order valence-corrected chi connectivity index (χ4v) is 5.75. The van der Waals surface area contributed by atoms with Crippen molar-refractivity contribution in [3.63, 3.8) is 0 Å². The highest BCUT2D eigenvalue weighted by atomic mass is 16.5. The predicted octanol–water partition coefficient (Wildman–Crippen LogP) is 9.74. The zero-order valence-corrected chi connectivity index (χ0v) is 25.9.